The van der Waals surface area contributed by atoms with Crippen LogP contribution in [0.1, 0.15) is 38.5 Å². The summed E-state index contributed by atoms with van der Waals surface area (Å²) in [4.78, 5) is 21.5. The molecule has 7 heteroatoms. The Labute approximate surface area is 163 Å². The first-order valence-corrected chi connectivity index (χ1v) is 10.5. The molecule has 3 N–H and O–H groups in total. The summed E-state index contributed by atoms with van der Waals surface area (Å²) in [6.07, 6.45) is 9.63. The van der Waals surface area contributed by atoms with E-state index in [9.17, 15) is 14.3 Å². The van der Waals surface area contributed by atoms with Crippen molar-refractivity contribution < 1.29 is 14.3 Å². The number of rotatable bonds is 4. The third-order valence-electron chi connectivity index (χ3n) is 7.17. The third-order valence-corrected chi connectivity index (χ3v) is 7.17. The number of carboxylic acids is 1. The number of aromatic amines is 1. The molecular formula is C21H27FN4O2. The fraction of sp³-hybridized carbons (Fsp3) is 0.619. The predicted octanol–water partition coefficient (Wildman–Crippen LogP) is 3.15. The number of carboxylic acid groups (broad SMARTS) is 1. The minimum Gasteiger partial charge on any atom is -0.481 e. The Hall–Kier alpha value is -2.15. The highest BCUT2D eigenvalue weighted by atomic mass is 19.1. The quantitative estimate of drug-likeness (QED) is 0.752. The van der Waals surface area contributed by atoms with Crippen molar-refractivity contribution in [3.63, 3.8) is 0 Å². The molecule has 2 aromatic heterocycles. The van der Waals surface area contributed by atoms with Crippen LogP contribution >= 0.6 is 0 Å². The molecule has 1 aliphatic heterocycles. The van der Waals surface area contributed by atoms with Crippen LogP contribution < -0.4 is 10.2 Å². The Kier molecular flexibility index (Phi) is 4.50. The molecule has 3 heterocycles. The number of fused-ring (bicyclic) bond motifs is 4. The van der Waals surface area contributed by atoms with Crippen LogP contribution in [0.3, 0.4) is 0 Å². The molecule has 0 spiro atoms. The molecular weight excluding hydrogens is 359 g/mol. The summed E-state index contributed by atoms with van der Waals surface area (Å²) in [5.41, 5.74) is 1.68. The zero-order valence-electron chi connectivity index (χ0n) is 15.9. The monoisotopic (exact) mass is 386 g/mol. The Morgan fingerprint density at radius 2 is 2.04 bits per heavy atom. The van der Waals surface area contributed by atoms with E-state index >= 15 is 0 Å². The second kappa shape index (κ2) is 7.03. The molecule has 28 heavy (non-hydrogen) atoms. The number of nitrogens with one attached hydrogen (secondary N) is 2. The van der Waals surface area contributed by atoms with Crippen LogP contribution in [0, 0.1) is 23.6 Å². The fourth-order valence-electron chi connectivity index (χ4n) is 5.87. The van der Waals surface area contributed by atoms with Gasteiger partial charge in [0.05, 0.1) is 17.8 Å². The van der Waals surface area contributed by atoms with Crippen molar-refractivity contribution >= 4 is 22.7 Å². The van der Waals surface area contributed by atoms with Gasteiger partial charge in [0.1, 0.15) is 11.5 Å². The topological polar surface area (TPSA) is 81.2 Å². The number of anilines is 1. The standard InChI is InChI=1S/C21H27FN4O2/c22-14-8-16-17(10-24-20(16)23-9-14)26-7-1-2-15(11-26)25-19-13-5-3-12(4-6-13)18(19)21(27)28/h8-10,12-13,15,18-19,25H,1-7,11H2,(H,23,24)(H,27,28)/t12-,13+,15?,18-,19?/m0/s1. The first-order valence-electron chi connectivity index (χ1n) is 10.5. The van der Waals surface area contributed by atoms with Crippen molar-refractivity contribution in [2.75, 3.05) is 18.0 Å². The number of H-pyrrole nitrogens is 1. The molecule has 2 unspecified atom stereocenters. The summed E-state index contributed by atoms with van der Waals surface area (Å²) in [7, 11) is 0. The number of hydrogen-bond acceptors (Lipinski definition) is 4. The first kappa shape index (κ1) is 17.9. The summed E-state index contributed by atoms with van der Waals surface area (Å²) in [5.74, 6) is -0.426. The molecule has 2 aromatic rings. The molecule has 3 saturated carbocycles. The van der Waals surface area contributed by atoms with Gasteiger partial charge in [-0.1, -0.05) is 0 Å². The fourth-order valence-corrected chi connectivity index (χ4v) is 5.87. The third kappa shape index (κ3) is 3.05. The maximum Gasteiger partial charge on any atom is 0.308 e. The van der Waals surface area contributed by atoms with E-state index in [-0.39, 0.29) is 23.8 Å². The molecule has 1 saturated heterocycles. The van der Waals surface area contributed by atoms with Crippen LogP contribution in [0.4, 0.5) is 10.1 Å². The average molecular weight is 386 g/mol. The van der Waals surface area contributed by atoms with E-state index in [0.717, 1.165) is 62.7 Å². The smallest absolute Gasteiger partial charge is 0.308 e. The maximum absolute atomic E-state index is 13.7. The average Bonchev–Trinajstić information content (AvgIpc) is 3.12. The number of aliphatic carboxylic acids is 1. The van der Waals surface area contributed by atoms with Gasteiger partial charge < -0.3 is 20.3 Å². The second-order valence-electron chi connectivity index (χ2n) is 8.74. The van der Waals surface area contributed by atoms with Gasteiger partial charge in [0, 0.05) is 36.8 Å². The maximum atomic E-state index is 13.7. The Balaban J connectivity index is 1.34. The molecule has 2 bridgehead atoms. The molecule has 3 aliphatic carbocycles. The van der Waals surface area contributed by atoms with Crippen molar-refractivity contribution in [3.8, 4) is 0 Å². The van der Waals surface area contributed by atoms with Crippen LogP contribution in [0.2, 0.25) is 0 Å². The molecule has 0 amide bonds. The lowest BCUT2D eigenvalue weighted by atomic mass is 9.61. The van der Waals surface area contributed by atoms with Gasteiger partial charge in [-0.15, -0.1) is 0 Å². The van der Waals surface area contributed by atoms with Crippen LogP contribution in [0.5, 0.6) is 0 Å². The number of carbonyl (C=O) groups is 1. The van der Waals surface area contributed by atoms with Crippen molar-refractivity contribution in [1.82, 2.24) is 15.3 Å². The lowest BCUT2D eigenvalue weighted by Gasteiger charge is -2.49. The summed E-state index contributed by atoms with van der Waals surface area (Å²) < 4.78 is 13.7. The molecule has 6 rings (SSSR count). The summed E-state index contributed by atoms with van der Waals surface area (Å²) in [5, 5.41) is 14.4. The summed E-state index contributed by atoms with van der Waals surface area (Å²) in [6.45, 7) is 1.73. The molecule has 0 radical (unpaired) electrons. The van der Waals surface area contributed by atoms with Crippen molar-refractivity contribution in [1.29, 1.82) is 0 Å². The van der Waals surface area contributed by atoms with Gasteiger partial charge in [0.15, 0.2) is 0 Å². The Bertz CT molecular complexity index is 876. The van der Waals surface area contributed by atoms with Gasteiger partial charge in [0.2, 0.25) is 0 Å². The van der Waals surface area contributed by atoms with Gasteiger partial charge in [0.25, 0.3) is 0 Å². The number of piperidine rings is 1. The lowest BCUT2D eigenvalue weighted by molar-refractivity contribution is -0.150. The van der Waals surface area contributed by atoms with E-state index in [2.05, 4.69) is 20.2 Å². The van der Waals surface area contributed by atoms with E-state index in [1.807, 2.05) is 6.20 Å². The molecule has 4 aliphatic rings. The van der Waals surface area contributed by atoms with E-state index in [0.29, 0.717) is 17.5 Å². The zero-order valence-corrected chi connectivity index (χ0v) is 15.9. The van der Waals surface area contributed by atoms with Crippen molar-refractivity contribution in [2.45, 2.75) is 50.6 Å². The van der Waals surface area contributed by atoms with E-state index < -0.39 is 5.97 Å². The van der Waals surface area contributed by atoms with E-state index in [4.69, 9.17) is 0 Å². The highest BCUT2D eigenvalue weighted by Gasteiger charge is 2.47. The SMILES string of the molecule is O=C(O)[C@@H]1C(NC2CCCN(c3c[nH]c4ncc(F)cc34)C2)[C@H]2CC[C@@H]1CC2. The Morgan fingerprint density at radius 1 is 1.25 bits per heavy atom. The molecule has 4 fully saturated rings. The minimum atomic E-state index is -0.641. The van der Waals surface area contributed by atoms with Crippen LogP contribution in [-0.2, 0) is 4.79 Å². The van der Waals surface area contributed by atoms with E-state index in [1.54, 1.807) is 0 Å². The minimum absolute atomic E-state index is 0.0806. The van der Waals surface area contributed by atoms with Crippen LogP contribution in [0.15, 0.2) is 18.5 Å². The van der Waals surface area contributed by atoms with Gasteiger partial charge in [-0.3, -0.25) is 4.79 Å². The molecule has 6 nitrogen and oxygen atoms in total. The first-order chi connectivity index (χ1) is 13.6. The molecule has 3 atom stereocenters. The lowest BCUT2D eigenvalue weighted by Crippen LogP contribution is -2.59. The summed E-state index contributed by atoms with van der Waals surface area (Å²) >= 11 is 0. The van der Waals surface area contributed by atoms with Crippen molar-refractivity contribution in [3.05, 3.63) is 24.3 Å². The highest BCUT2D eigenvalue weighted by Crippen LogP contribution is 2.45. The van der Waals surface area contributed by atoms with Gasteiger partial charge >= 0.3 is 5.97 Å². The number of nitrogens with zero attached hydrogens (tertiary/aromatic N) is 2. The van der Waals surface area contributed by atoms with Crippen LogP contribution in [0.25, 0.3) is 11.0 Å². The van der Waals surface area contributed by atoms with Crippen LogP contribution in [-0.4, -0.2) is 46.2 Å². The predicted molar refractivity (Wildman–Crippen MR) is 105 cm³/mol. The second-order valence-corrected chi connectivity index (χ2v) is 8.74. The van der Waals surface area contributed by atoms with Gasteiger partial charge in [-0.05, 0) is 56.4 Å². The number of pyridine rings is 1. The summed E-state index contributed by atoms with van der Waals surface area (Å²) in [6, 6.07) is 1.87. The zero-order chi connectivity index (χ0) is 19.3. The highest BCUT2D eigenvalue weighted by molar-refractivity contribution is 5.90. The van der Waals surface area contributed by atoms with Gasteiger partial charge in [-0.2, -0.15) is 0 Å². The largest absolute Gasteiger partial charge is 0.481 e. The molecule has 0 aromatic carbocycles. The molecule has 150 valence electrons. The number of hydrogen-bond donors (Lipinski definition) is 3. The van der Waals surface area contributed by atoms with Gasteiger partial charge in [-0.25, -0.2) is 9.37 Å². The number of aromatic nitrogens is 2. The number of halogens is 1. The normalized spacial score (nSPS) is 32.8. The Morgan fingerprint density at radius 3 is 2.82 bits per heavy atom. The van der Waals surface area contributed by atoms with E-state index in [1.165, 1.54) is 12.3 Å². The van der Waals surface area contributed by atoms with Crippen molar-refractivity contribution in [2.24, 2.45) is 17.8 Å².